The lowest BCUT2D eigenvalue weighted by Crippen LogP contribution is -2.42. The maximum Gasteiger partial charge on any atom is 0.410 e. The number of fused-ring (bicyclic) bond motifs is 1. The number of carbonyl (C=O) groups is 1. The Balaban J connectivity index is 2.45. The topological polar surface area (TPSA) is 71.4 Å². The predicted octanol–water partition coefficient (Wildman–Crippen LogP) is 4.14. The molecule has 0 fully saturated rings. The van der Waals surface area contributed by atoms with E-state index in [-0.39, 0.29) is 12.1 Å². The molecule has 0 bridgehead atoms. The van der Waals surface area contributed by atoms with Gasteiger partial charge in [0.05, 0.1) is 22.1 Å². The molecule has 0 spiro atoms. The summed E-state index contributed by atoms with van der Waals surface area (Å²) in [5.41, 5.74) is 1.15. The number of halogens is 1. The standard InChI is InChI=1S/C20H32ClN5O2/c1-7-23-18-24-16-11-9-10-15(21)17(16)26(18)14(12-22-6)13-25(8-2)19(27)28-20(3,4)5/h9-11,14,22H,7-8,12-13H2,1-6H3,(H,23,24). The summed E-state index contributed by atoms with van der Waals surface area (Å²) >= 11 is 6.53. The van der Waals surface area contributed by atoms with E-state index < -0.39 is 5.60 Å². The lowest BCUT2D eigenvalue weighted by Gasteiger charge is -2.31. The van der Waals surface area contributed by atoms with Gasteiger partial charge in [-0.3, -0.25) is 0 Å². The fraction of sp³-hybridized carbons (Fsp3) is 0.600. The van der Waals surface area contributed by atoms with Crippen molar-refractivity contribution in [2.75, 3.05) is 38.5 Å². The van der Waals surface area contributed by atoms with Crippen molar-refractivity contribution in [3.63, 3.8) is 0 Å². The van der Waals surface area contributed by atoms with Crippen LogP contribution in [0.3, 0.4) is 0 Å². The molecule has 1 amide bonds. The normalized spacial score (nSPS) is 12.8. The molecule has 0 saturated heterocycles. The number of rotatable bonds is 8. The first-order valence-electron chi connectivity index (χ1n) is 9.74. The van der Waals surface area contributed by atoms with E-state index in [0.717, 1.165) is 23.5 Å². The second-order valence-electron chi connectivity index (χ2n) is 7.67. The molecule has 1 heterocycles. The maximum absolute atomic E-state index is 12.7. The Morgan fingerprint density at radius 3 is 2.64 bits per heavy atom. The number of amides is 1. The van der Waals surface area contributed by atoms with Crippen molar-refractivity contribution in [3.05, 3.63) is 23.2 Å². The van der Waals surface area contributed by atoms with Gasteiger partial charge in [0.15, 0.2) is 0 Å². The lowest BCUT2D eigenvalue weighted by atomic mass is 10.2. The van der Waals surface area contributed by atoms with Crippen molar-refractivity contribution in [1.82, 2.24) is 19.8 Å². The molecule has 1 atom stereocenters. The predicted molar refractivity (Wildman–Crippen MR) is 115 cm³/mol. The van der Waals surface area contributed by atoms with Crippen LogP contribution in [-0.4, -0.2) is 59.4 Å². The summed E-state index contributed by atoms with van der Waals surface area (Å²) in [4.78, 5) is 19.1. The quantitative estimate of drug-likeness (QED) is 0.685. The molecule has 8 heteroatoms. The van der Waals surface area contributed by atoms with E-state index in [1.807, 2.05) is 59.9 Å². The molecule has 2 aromatic rings. The molecule has 2 N–H and O–H groups in total. The first-order valence-corrected chi connectivity index (χ1v) is 10.1. The van der Waals surface area contributed by atoms with Crippen LogP contribution in [0.2, 0.25) is 5.02 Å². The largest absolute Gasteiger partial charge is 0.444 e. The minimum Gasteiger partial charge on any atom is -0.444 e. The van der Waals surface area contributed by atoms with Crippen molar-refractivity contribution in [2.24, 2.45) is 0 Å². The number of para-hydroxylation sites is 1. The van der Waals surface area contributed by atoms with E-state index in [9.17, 15) is 4.79 Å². The second-order valence-corrected chi connectivity index (χ2v) is 8.08. The molecular weight excluding hydrogens is 378 g/mol. The molecule has 156 valence electrons. The molecule has 7 nitrogen and oxygen atoms in total. The SMILES string of the molecule is CCNc1nc2cccc(Cl)c2n1C(CNC)CN(CC)C(=O)OC(C)(C)C. The van der Waals surface area contributed by atoms with Gasteiger partial charge in [-0.15, -0.1) is 0 Å². The van der Waals surface area contributed by atoms with Gasteiger partial charge >= 0.3 is 6.09 Å². The Morgan fingerprint density at radius 1 is 1.36 bits per heavy atom. The van der Waals surface area contributed by atoms with E-state index in [4.69, 9.17) is 21.3 Å². The third-order valence-electron chi connectivity index (χ3n) is 4.27. The van der Waals surface area contributed by atoms with Gasteiger partial charge in [-0.25, -0.2) is 9.78 Å². The van der Waals surface area contributed by atoms with Crippen molar-refractivity contribution in [1.29, 1.82) is 0 Å². The fourth-order valence-electron chi connectivity index (χ4n) is 3.13. The van der Waals surface area contributed by atoms with E-state index in [1.165, 1.54) is 0 Å². The number of carbonyl (C=O) groups excluding carboxylic acids is 1. The number of nitrogens with one attached hydrogen (secondary N) is 2. The zero-order valence-corrected chi connectivity index (χ0v) is 18.4. The summed E-state index contributed by atoms with van der Waals surface area (Å²) in [6.07, 6.45) is -0.323. The average Bonchev–Trinajstić information content (AvgIpc) is 2.96. The van der Waals surface area contributed by atoms with Crippen LogP contribution < -0.4 is 10.6 Å². The molecule has 1 aromatic heterocycles. The lowest BCUT2D eigenvalue weighted by molar-refractivity contribution is 0.0236. The average molecular weight is 410 g/mol. The zero-order chi connectivity index (χ0) is 20.9. The van der Waals surface area contributed by atoms with E-state index >= 15 is 0 Å². The van der Waals surface area contributed by atoms with Gasteiger partial charge < -0.3 is 24.8 Å². The van der Waals surface area contributed by atoms with Gasteiger partial charge in [-0.2, -0.15) is 0 Å². The van der Waals surface area contributed by atoms with Gasteiger partial charge in [0.2, 0.25) is 5.95 Å². The Bertz CT molecular complexity index is 800. The highest BCUT2D eigenvalue weighted by atomic mass is 35.5. The monoisotopic (exact) mass is 409 g/mol. The van der Waals surface area contributed by atoms with Crippen molar-refractivity contribution >= 4 is 34.7 Å². The number of ether oxygens (including phenoxy) is 1. The summed E-state index contributed by atoms with van der Waals surface area (Å²) < 4.78 is 7.66. The summed E-state index contributed by atoms with van der Waals surface area (Å²) in [5.74, 6) is 0.742. The minimum atomic E-state index is -0.539. The molecular formula is C20H32ClN5O2. The molecule has 1 aromatic carbocycles. The molecule has 0 saturated carbocycles. The number of anilines is 1. The maximum atomic E-state index is 12.7. The van der Waals surface area contributed by atoms with Gasteiger partial charge in [0, 0.05) is 26.2 Å². The van der Waals surface area contributed by atoms with Crippen LogP contribution >= 0.6 is 11.6 Å². The number of likely N-dealkylation sites (N-methyl/N-ethyl adjacent to an activating group) is 2. The molecule has 0 aliphatic rings. The van der Waals surface area contributed by atoms with Crippen LogP contribution in [0.5, 0.6) is 0 Å². The van der Waals surface area contributed by atoms with Gasteiger partial charge in [0.25, 0.3) is 0 Å². The zero-order valence-electron chi connectivity index (χ0n) is 17.7. The Labute approximate surface area is 172 Å². The second kappa shape index (κ2) is 9.47. The number of nitrogens with zero attached hydrogens (tertiary/aromatic N) is 3. The van der Waals surface area contributed by atoms with Crippen LogP contribution in [0.4, 0.5) is 10.7 Å². The van der Waals surface area contributed by atoms with Crippen LogP contribution in [-0.2, 0) is 4.74 Å². The summed E-state index contributed by atoms with van der Waals surface area (Å²) in [6, 6.07) is 5.63. The Hall–Kier alpha value is -1.99. The van der Waals surface area contributed by atoms with Gasteiger partial charge in [-0.1, -0.05) is 17.7 Å². The highest BCUT2D eigenvalue weighted by Gasteiger charge is 2.27. The number of benzene rings is 1. The van der Waals surface area contributed by atoms with Crippen molar-refractivity contribution < 1.29 is 9.53 Å². The molecule has 0 aliphatic heterocycles. The van der Waals surface area contributed by atoms with Crippen LogP contribution in [0, 0.1) is 0 Å². The molecule has 0 aliphatic carbocycles. The molecule has 28 heavy (non-hydrogen) atoms. The van der Waals surface area contributed by atoms with Crippen molar-refractivity contribution in [2.45, 2.75) is 46.3 Å². The first-order chi connectivity index (χ1) is 13.2. The highest BCUT2D eigenvalue weighted by Crippen LogP contribution is 2.30. The van der Waals surface area contributed by atoms with E-state index in [1.54, 1.807) is 4.90 Å². The Kier molecular flexibility index (Phi) is 7.55. The number of imidazole rings is 1. The van der Waals surface area contributed by atoms with Crippen molar-refractivity contribution in [3.8, 4) is 0 Å². The van der Waals surface area contributed by atoms with E-state index in [2.05, 4.69) is 15.2 Å². The first kappa shape index (κ1) is 22.3. The molecule has 2 rings (SSSR count). The van der Waals surface area contributed by atoms with Gasteiger partial charge in [0.1, 0.15) is 5.60 Å². The molecule has 0 radical (unpaired) electrons. The molecule has 1 unspecified atom stereocenters. The third kappa shape index (κ3) is 5.29. The fourth-order valence-corrected chi connectivity index (χ4v) is 3.39. The van der Waals surface area contributed by atoms with Crippen LogP contribution in [0.15, 0.2) is 18.2 Å². The van der Waals surface area contributed by atoms with Crippen LogP contribution in [0.25, 0.3) is 11.0 Å². The van der Waals surface area contributed by atoms with Gasteiger partial charge in [-0.05, 0) is 53.8 Å². The number of hydrogen-bond donors (Lipinski definition) is 2. The summed E-state index contributed by atoms with van der Waals surface area (Å²) in [7, 11) is 1.89. The summed E-state index contributed by atoms with van der Waals surface area (Å²) in [5, 5.41) is 7.18. The third-order valence-corrected chi connectivity index (χ3v) is 4.57. The van der Waals surface area contributed by atoms with Crippen LogP contribution in [0.1, 0.15) is 40.7 Å². The number of hydrogen-bond acceptors (Lipinski definition) is 5. The highest BCUT2D eigenvalue weighted by molar-refractivity contribution is 6.35. The summed E-state index contributed by atoms with van der Waals surface area (Å²) in [6.45, 7) is 12.0. The Morgan fingerprint density at radius 2 is 2.07 bits per heavy atom. The number of aromatic nitrogens is 2. The smallest absolute Gasteiger partial charge is 0.410 e. The van der Waals surface area contributed by atoms with E-state index in [0.29, 0.717) is 24.7 Å². The minimum absolute atomic E-state index is 0.0728.